The van der Waals surface area contributed by atoms with Gasteiger partial charge >= 0.3 is 7.82 Å². The number of nitrogens with zero attached hydrogens (tertiary/aromatic N) is 4. The van der Waals surface area contributed by atoms with Gasteiger partial charge in [0.05, 0.1) is 25.6 Å². The first kappa shape index (κ1) is 22.2. The summed E-state index contributed by atoms with van der Waals surface area (Å²) in [5.74, 6) is 0.295. The standard InChI is InChI=1S/C16H25ClN5O6P/c1-6-25-13-11-12(20-15(18)21-13)22(8-19-11)14-16(4,17)10(7-26-14)28-29(23,24-5)27-9(2)3/h8-10,14H,6-7H2,1-5H3,(H2,18,20,21)/t10-,14-,16-,29-/m1/s1. The SMILES string of the molecule is CCOc1nc(N)nc2c1ncn2[C@@H]1OC[C@@H](O[P@](=O)(OC)OC(C)C)[C@@]1(C)Cl. The Balaban J connectivity index is 1.92. The van der Waals surface area contributed by atoms with Gasteiger partial charge in [0.2, 0.25) is 11.8 Å². The predicted octanol–water partition coefficient (Wildman–Crippen LogP) is 2.90. The number of phosphoric ester groups is 1. The number of nitrogens with two attached hydrogens (primary N) is 1. The molecule has 3 heterocycles. The lowest BCUT2D eigenvalue weighted by Crippen LogP contribution is -2.38. The first-order valence-corrected chi connectivity index (χ1v) is 10.9. The van der Waals surface area contributed by atoms with E-state index in [1.165, 1.54) is 13.4 Å². The van der Waals surface area contributed by atoms with Crippen molar-refractivity contribution in [3.8, 4) is 5.88 Å². The Morgan fingerprint density at radius 2 is 2.21 bits per heavy atom. The third-order valence-electron chi connectivity index (χ3n) is 4.28. The molecule has 4 atom stereocenters. The molecule has 3 rings (SSSR count). The summed E-state index contributed by atoms with van der Waals surface area (Å²) in [6.45, 7) is 7.42. The fourth-order valence-electron chi connectivity index (χ4n) is 2.99. The monoisotopic (exact) mass is 449 g/mol. The predicted molar refractivity (Wildman–Crippen MR) is 106 cm³/mol. The zero-order valence-corrected chi connectivity index (χ0v) is 18.5. The molecule has 0 aliphatic carbocycles. The number of phosphoric acid groups is 1. The molecule has 1 aliphatic heterocycles. The molecular weight excluding hydrogens is 425 g/mol. The fraction of sp³-hybridized carbons (Fsp3) is 0.688. The van der Waals surface area contributed by atoms with E-state index < -0.39 is 25.0 Å². The number of aromatic nitrogens is 4. The van der Waals surface area contributed by atoms with Crippen LogP contribution in [0.2, 0.25) is 0 Å². The summed E-state index contributed by atoms with van der Waals surface area (Å²) >= 11 is 6.80. The molecule has 13 heteroatoms. The van der Waals surface area contributed by atoms with Gasteiger partial charge in [0.15, 0.2) is 17.4 Å². The number of alkyl halides is 1. The van der Waals surface area contributed by atoms with Crippen LogP contribution in [0.4, 0.5) is 5.95 Å². The summed E-state index contributed by atoms with van der Waals surface area (Å²) in [5.41, 5.74) is 6.63. The van der Waals surface area contributed by atoms with Gasteiger partial charge in [-0.3, -0.25) is 18.1 Å². The molecule has 0 aromatic carbocycles. The largest absolute Gasteiger partial charge is 0.476 e. The Labute approximate surface area is 173 Å². The van der Waals surface area contributed by atoms with Crippen molar-refractivity contribution >= 4 is 36.5 Å². The molecule has 0 unspecified atom stereocenters. The number of imidazole rings is 1. The summed E-state index contributed by atoms with van der Waals surface area (Å²) in [6, 6.07) is 0. The van der Waals surface area contributed by atoms with Gasteiger partial charge < -0.3 is 15.2 Å². The van der Waals surface area contributed by atoms with Crippen LogP contribution >= 0.6 is 19.4 Å². The zero-order valence-electron chi connectivity index (χ0n) is 16.9. The molecule has 29 heavy (non-hydrogen) atoms. The molecule has 0 saturated carbocycles. The van der Waals surface area contributed by atoms with Crippen molar-refractivity contribution in [2.24, 2.45) is 0 Å². The van der Waals surface area contributed by atoms with Crippen LogP contribution in [-0.4, -0.2) is 56.9 Å². The van der Waals surface area contributed by atoms with Crippen molar-refractivity contribution in [2.45, 2.75) is 51.0 Å². The second-order valence-corrected chi connectivity index (χ2v) is 9.35. The summed E-state index contributed by atoms with van der Waals surface area (Å²) in [4.78, 5) is 11.5. The minimum absolute atomic E-state index is 0.0268. The number of fused-ring (bicyclic) bond motifs is 1. The van der Waals surface area contributed by atoms with E-state index in [2.05, 4.69) is 15.0 Å². The lowest BCUT2D eigenvalue weighted by atomic mass is 10.1. The van der Waals surface area contributed by atoms with Crippen LogP contribution in [-0.2, 0) is 22.9 Å². The lowest BCUT2D eigenvalue weighted by Gasteiger charge is -2.30. The summed E-state index contributed by atoms with van der Waals surface area (Å²) in [6.07, 6.45) is -0.390. The van der Waals surface area contributed by atoms with Crippen molar-refractivity contribution < 1.29 is 27.6 Å². The smallest absolute Gasteiger partial charge is 0.475 e. The highest BCUT2D eigenvalue weighted by Gasteiger charge is 2.52. The number of anilines is 1. The first-order chi connectivity index (χ1) is 13.6. The Bertz CT molecular complexity index is 923. The molecule has 11 nitrogen and oxygen atoms in total. The van der Waals surface area contributed by atoms with E-state index in [0.717, 1.165) is 0 Å². The van der Waals surface area contributed by atoms with Crippen LogP contribution < -0.4 is 10.5 Å². The Kier molecular flexibility index (Phi) is 6.38. The van der Waals surface area contributed by atoms with Crippen molar-refractivity contribution in [1.29, 1.82) is 0 Å². The zero-order chi connectivity index (χ0) is 21.4. The van der Waals surface area contributed by atoms with Crippen LogP contribution in [0.3, 0.4) is 0 Å². The highest BCUT2D eigenvalue weighted by Crippen LogP contribution is 2.55. The second-order valence-electron chi connectivity index (χ2n) is 6.86. The van der Waals surface area contributed by atoms with Crippen molar-refractivity contribution in [3.63, 3.8) is 0 Å². The molecule has 2 N–H and O–H groups in total. The van der Waals surface area contributed by atoms with E-state index in [1.807, 2.05) is 6.92 Å². The number of hydrogen-bond acceptors (Lipinski definition) is 10. The average Bonchev–Trinajstić information content (AvgIpc) is 3.15. The van der Waals surface area contributed by atoms with Crippen molar-refractivity contribution in [3.05, 3.63) is 6.33 Å². The normalized spacial score (nSPS) is 26.9. The van der Waals surface area contributed by atoms with E-state index >= 15 is 0 Å². The molecule has 0 spiro atoms. The van der Waals surface area contributed by atoms with E-state index in [1.54, 1.807) is 25.3 Å². The van der Waals surface area contributed by atoms with Crippen LogP contribution in [0.25, 0.3) is 11.2 Å². The minimum Gasteiger partial charge on any atom is -0.476 e. The highest BCUT2D eigenvalue weighted by molar-refractivity contribution is 7.48. The third kappa shape index (κ3) is 4.35. The van der Waals surface area contributed by atoms with Gasteiger partial charge in [-0.25, -0.2) is 9.55 Å². The van der Waals surface area contributed by atoms with E-state index in [4.69, 9.17) is 40.4 Å². The number of ether oxygens (including phenoxy) is 2. The number of rotatable bonds is 8. The lowest BCUT2D eigenvalue weighted by molar-refractivity contribution is 0.0396. The van der Waals surface area contributed by atoms with E-state index in [0.29, 0.717) is 17.8 Å². The average molecular weight is 450 g/mol. The van der Waals surface area contributed by atoms with Crippen LogP contribution in [0.1, 0.15) is 33.9 Å². The van der Waals surface area contributed by atoms with Gasteiger partial charge in [0, 0.05) is 7.11 Å². The Hall–Kier alpha value is -1.49. The molecule has 1 aliphatic rings. The third-order valence-corrected chi connectivity index (χ3v) is 6.35. The van der Waals surface area contributed by atoms with Gasteiger partial charge in [-0.05, 0) is 27.7 Å². The summed E-state index contributed by atoms with van der Waals surface area (Å²) < 4.78 is 41.7. The summed E-state index contributed by atoms with van der Waals surface area (Å²) in [5, 5.41) is 0. The summed E-state index contributed by atoms with van der Waals surface area (Å²) in [7, 11) is -2.57. The minimum atomic E-state index is -3.82. The molecule has 2 aromatic rings. The molecule has 0 bridgehead atoms. The number of halogens is 1. The highest BCUT2D eigenvalue weighted by atomic mass is 35.5. The van der Waals surface area contributed by atoms with Crippen LogP contribution in [0, 0.1) is 0 Å². The van der Waals surface area contributed by atoms with E-state index in [9.17, 15) is 4.57 Å². The molecule has 0 radical (unpaired) electrons. The Morgan fingerprint density at radius 3 is 2.83 bits per heavy atom. The quantitative estimate of drug-likeness (QED) is 0.473. The molecule has 2 aromatic heterocycles. The van der Waals surface area contributed by atoms with Gasteiger partial charge in [0.25, 0.3) is 0 Å². The second kappa shape index (κ2) is 8.33. The topological polar surface area (TPSA) is 133 Å². The van der Waals surface area contributed by atoms with Crippen LogP contribution in [0.5, 0.6) is 5.88 Å². The maximum Gasteiger partial charge on any atom is 0.475 e. The van der Waals surface area contributed by atoms with Gasteiger partial charge in [0.1, 0.15) is 11.0 Å². The molecular formula is C16H25ClN5O6P. The number of nitrogen functional groups attached to an aromatic ring is 1. The maximum absolute atomic E-state index is 12.7. The van der Waals surface area contributed by atoms with Gasteiger partial charge in [-0.1, -0.05) is 0 Å². The van der Waals surface area contributed by atoms with Gasteiger partial charge in [-0.2, -0.15) is 9.97 Å². The number of hydrogen-bond donors (Lipinski definition) is 1. The molecule has 162 valence electrons. The molecule has 0 amide bonds. The van der Waals surface area contributed by atoms with Crippen molar-refractivity contribution in [1.82, 2.24) is 19.5 Å². The molecule has 1 fully saturated rings. The Morgan fingerprint density at radius 1 is 1.48 bits per heavy atom. The van der Waals surface area contributed by atoms with E-state index in [-0.39, 0.29) is 24.5 Å². The van der Waals surface area contributed by atoms with Crippen molar-refractivity contribution in [2.75, 3.05) is 26.1 Å². The molecule has 1 saturated heterocycles. The first-order valence-electron chi connectivity index (χ1n) is 9.07. The fourth-order valence-corrected chi connectivity index (χ4v) is 4.66. The van der Waals surface area contributed by atoms with Gasteiger partial charge in [-0.15, -0.1) is 11.6 Å². The van der Waals surface area contributed by atoms with Crippen LogP contribution in [0.15, 0.2) is 6.33 Å². The maximum atomic E-state index is 12.7.